The van der Waals surface area contributed by atoms with Gasteiger partial charge in [0.2, 0.25) is 11.7 Å². The van der Waals surface area contributed by atoms with E-state index in [0.29, 0.717) is 61.4 Å². The predicted octanol–water partition coefficient (Wildman–Crippen LogP) is 1.72. The Balaban J connectivity index is 1.41. The molecular formula is C30H37N9O5. The van der Waals surface area contributed by atoms with Gasteiger partial charge in [-0.15, -0.1) is 5.10 Å². The van der Waals surface area contributed by atoms with Crippen molar-refractivity contribution in [1.29, 1.82) is 0 Å². The van der Waals surface area contributed by atoms with Gasteiger partial charge in [-0.3, -0.25) is 14.4 Å². The fraction of sp³-hybridized carbons (Fsp3) is 0.433. The van der Waals surface area contributed by atoms with Crippen molar-refractivity contribution in [2.75, 3.05) is 56.7 Å². The number of fused-ring (bicyclic) bond motifs is 1. The Morgan fingerprint density at radius 1 is 1.02 bits per heavy atom. The smallest absolute Gasteiger partial charge is 0.326 e. The molecule has 0 N–H and O–H groups in total. The Morgan fingerprint density at radius 2 is 1.75 bits per heavy atom. The van der Waals surface area contributed by atoms with Gasteiger partial charge in [-0.2, -0.15) is 9.50 Å². The van der Waals surface area contributed by atoms with E-state index in [4.69, 9.17) is 9.47 Å². The molecule has 5 rings (SSSR count). The van der Waals surface area contributed by atoms with Crippen LogP contribution in [0, 0.1) is 6.92 Å². The maximum atomic E-state index is 13.9. The van der Waals surface area contributed by atoms with E-state index in [2.05, 4.69) is 20.1 Å². The van der Waals surface area contributed by atoms with Crippen molar-refractivity contribution in [3.05, 3.63) is 69.7 Å². The number of carbonyl (C=O) groups excluding carboxylic acids is 2. The van der Waals surface area contributed by atoms with Crippen LogP contribution in [0.15, 0.2) is 41.5 Å². The summed E-state index contributed by atoms with van der Waals surface area (Å²) in [6.45, 7) is 7.32. The van der Waals surface area contributed by atoms with Crippen LogP contribution in [-0.2, 0) is 29.1 Å². The third-order valence-electron chi connectivity index (χ3n) is 7.44. The lowest BCUT2D eigenvalue weighted by atomic mass is 10.2. The first-order valence-electron chi connectivity index (χ1n) is 14.6. The van der Waals surface area contributed by atoms with Crippen molar-refractivity contribution in [2.45, 2.75) is 40.3 Å². The highest BCUT2D eigenvalue weighted by Crippen LogP contribution is 2.25. The van der Waals surface area contributed by atoms with Gasteiger partial charge in [-0.05, 0) is 25.8 Å². The van der Waals surface area contributed by atoms with Crippen LogP contribution >= 0.6 is 0 Å². The summed E-state index contributed by atoms with van der Waals surface area (Å²) in [5.41, 5.74) is 2.48. The van der Waals surface area contributed by atoms with E-state index < -0.39 is 5.97 Å². The van der Waals surface area contributed by atoms with Crippen LogP contribution in [0.2, 0.25) is 0 Å². The molecule has 0 radical (unpaired) electrons. The fourth-order valence-corrected chi connectivity index (χ4v) is 5.24. The molecule has 1 aliphatic heterocycles. The number of anilines is 2. The van der Waals surface area contributed by atoms with Gasteiger partial charge in [0.05, 0.1) is 18.0 Å². The maximum absolute atomic E-state index is 13.9. The molecule has 0 saturated carbocycles. The molecular weight excluding hydrogens is 566 g/mol. The molecule has 4 heterocycles. The second-order valence-corrected chi connectivity index (χ2v) is 10.6. The topological polar surface area (TPSA) is 140 Å². The summed E-state index contributed by atoms with van der Waals surface area (Å²) >= 11 is 0. The maximum Gasteiger partial charge on any atom is 0.326 e. The van der Waals surface area contributed by atoms with Gasteiger partial charge in [-0.1, -0.05) is 37.3 Å². The third kappa shape index (κ3) is 6.05. The van der Waals surface area contributed by atoms with Crippen LogP contribution in [0.4, 0.5) is 11.6 Å². The molecule has 4 aromatic rings. The van der Waals surface area contributed by atoms with Crippen LogP contribution in [0.25, 0.3) is 5.78 Å². The minimum atomic E-state index is -0.436. The highest BCUT2D eigenvalue weighted by atomic mass is 16.5. The summed E-state index contributed by atoms with van der Waals surface area (Å²) < 4.78 is 14.2. The molecule has 0 unspecified atom stereocenters. The molecule has 0 spiro atoms. The Bertz CT molecular complexity index is 1710. The second-order valence-electron chi connectivity index (χ2n) is 10.6. The quantitative estimate of drug-likeness (QED) is 0.245. The molecule has 1 aliphatic rings. The molecule has 44 heavy (non-hydrogen) atoms. The summed E-state index contributed by atoms with van der Waals surface area (Å²) in [7, 11) is 3.56. The number of rotatable bonds is 10. The molecule has 1 saturated heterocycles. The largest absolute Gasteiger partial charge is 0.485 e. The van der Waals surface area contributed by atoms with E-state index in [1.807, 2.05) is 42.2 Å². The molecule has 1 fully saturated rings. The van der Waals surface area contributed by atoms with Crippen molar-refractivity contribution >= 4 is 29.3 Å². The van der Waals surface area contributed by atoms with Crippen LogP contribution in [0.3, 0.4) is 0 Å². The number of benzene rings is 1. The van der Waals surface area contributed by atoms with E-state index in [9.17, 15) is 14.4 Å². The SMILES string of the molecule is CCOC(=O)Cn1c(CC)c(N2CCN(C(=O)c3ncnc(C)c3OCc3ccccc3)CC2)c(=O)n2nc(N(C)C)nc12. The number of aryl methyl sites for hydroxylation is 1. The molecule has 3 aromatic heterocycles. The fourth-order valence-electron chi connectivity index (χ4n) is 5.24. The van der Waals surface area contributed by atoms with E-state index in [-0.39, 0.29) is 42.7 Å². The zero-order valence-corrected chi connectivity index (χ0v) is 25.7. The first-order valence-corrected chi connectivity index (χ1v) is 14.6. The Kier molecular flexibility index (Phi) is 9.07. The van der Waals surface area contributed by atoms with Crippen LogP contribution in [-0.4, -0.2) is 92.8 Å². The Labute approximate surface area is 254 Å². The number of amides is 1. The minimum Gasteiger partial charge on any atom is -0.485 e. The molecule has 1 aromatic carbocycles. The number of aromatic nitrogens is 6. The van der Waals surface area contributed by atoms with E-state index in [1.165, 1.54) is 10.8 Å². The second kappa shape index (κ2) is 13.1. The van der Waals surface area contributed by atoms with Crippen molar-refractivity contribution < 1.29 is 19.1 Å². The zero-order chi connectivity index (χ0) is 31.4. The lowest BCUT2D eigenvalue weighted by molar-refractivity contribution is -0.143. The highest BCUT2D eigenvalue weighted by Gasteiger charge is 2.31. The molecule has 14 nitrogen and oxygen atoms in total. The zero-order valence-electron chi connectivity index (χ0n) is 25.7. The van der Waals surface area contributed by atoms with Gasteiger partial charge < -0.3 is 28.7 Å². The molecule has 0 atom stereocenters. The average Bonchev–Trinajstić information content (AvgIpc) is 3.49. The third-order valence-corrected chi connectivity index (χ3v) is 7.44. The van der Waals surface area contributed by atoms with Gasteiger partial charge in [0.25, 0.3) is 11.5 Å². The van der Waals surface area contributed by atoms with Gasteiger partial charge >= 0.3 is 5.97 Å². The van der Waals surface area contributed by atoms with E-state index >= 15 is 0 Å². The average molecular weight is 604 g/mol. The Hall–Kier alpha value is -5.01. The number of piperazine rings is 1. The summed E-state index contributed by atoms with van der Waals surface area (Å²) in [4.78, 5) is 58.6. The first kappa shape index (κ1) is 30.4. The Morgan fingerprint density at radius 3 is 2.41 bits per heavy atom. The lowest BCUT2D eigenvalue weighted by Crippen LogP contribution is -2.51. The van der Waals surface area contributed by atoms with Crippen molar-refractivity contribution in [3.63, 3.8) is 0 Å². The molecule has 0 bridgehead atoms. The number of ether oxygens (including phenoxy) is 2. The van der Waals surface area contributed by atoms with Crippen molar-refractivity contribution in [3.8, 4) is 5.75 Å². The summed E-state index contributed by atoms with van der Waals surface area (Å²) in [5, 5.41) is 4.42. The number of nitrogens with zero attached hydrogens (tertiary/aromatic N) is 9. The number of carbonyl (C=O) groups is 2. The summed E-state index contributed by atoms with van der Waals surface area (Å²) in [5.74, 6) is 0.264. The summed E-state index contributed by atoms with van der Waals surface area (Å²) in [6, 6.07) is 9.68. The van der Waals surface area contributed by atoms with Crippen LogP contribution < -0.4 is 20.1 Å². The van der Waals surface area contributed by atoms with Crippen molar-refractivity contribution in [1.82, 2.24) is 34.0 Å². The molecule has 14 heteroatoms. The van der Waals surface area contributed by atoms with Gasteiger partial charge in [0.15, 0.2) is 11.4 Å². The lowest BCUT2D eigenvalue weighted by Gasteiger charge is -2.36. The summed E-state index contributed by atoms with van der Waals surface area (Å²) in [6.07, 6.45) is 1.83. The van der Waals surface area contributed by atoms with Crippen LogP contribution in [0.1, 0.15) is 41.3 Å². The standard InChI is InChI=1S/C30H37N9O5/c1-6-22-25(28(42)39-30(33-29(34-39)35(4)5)38(22)17-23(40)43-7-2)36-13-15-37(16-14-36)27(41)24-26(20(3)31-19-32-24)44-18-21-11-9-8-10-12-21/h8-12,19H,6-7,13-18H2,1-5H3. The molecule has 0 aliphatic carbocycles. The first-order chi connectivity index (χ1) is 21.2. The number of esters is 1. The normalized spacial score (nSPS) is 13.3. The number of hydrogen-bond donors (Lipinski definition) is 0. The minimum absolute atomic E-state index is 0.114. The van der Waals surface area contributed by atoms with Gasteiger partial charge in [0, 0.05) is 40.3 Å². The highest BCUT2D eigenvalue weighted by molar-refractivity contribution is 5.95. The van der Waals surface area contributed by atoms with Crippen molar-refractivity contribution in [2.24, 2.45) is 0 Å². The van der Waals surface area contributed by atoms with E-state index in [1.54, 1.807) is 42.3 Å². The predicted molar refractivity (Wildman–Crippen MR) is 163 cm³/mol. The van der Waals surface area contributed by atoms with E-state index in [0.717, 1.165) is 5.56 Å². The van der Waals surface area contributed by atoms with Crippen LogP contribution in [0.5, 0.6) is 5.75 Å². The van der Waals surface area contributed by atoms with Gasteiger partial charge in [0.1, 0.15) is 25.2 Å². The monoisotopic (exact) mass is 603 g/mol. The molecule has 232 valence electrons. The number of hydrogen-bond acceptors (Lipinski definition) is 11. The van der Waals surface area contributed by atoms with Gasteiger partial charge in [-0.25, -0.2) is 9.97 Å². The molecule has 1 amide bonds.